The van der Waals surface area contributed by atoms with E-state index < -0.39 is 40.1 Å². The molecule has 0 radical (unpaired) electrons. The molecule has 1 rings (SSSR count). The van der Waals surface area contributed by atoms with E-state index in [2.05, 4.69) is 37.2 Å². The first kappa shape index (κ1) is 21.9. The molecule has 0 unspecified atom stereocenters. The molecule has 0 bridgehead atoms. The van der Waals surface area contributed by atoms with E-state index >= 15 is 0 Å². The minimum Gasteiger partial charge on any atom is -0.461 e. The Morgan fingerprint density at radius 1 is 1.24 bits per heavy atom. The van der Waals surface area contributed by atoms with Gasteiger partial charge in [-0.3, -0.25) is 9.87 Å². The van der Waals surface area contributed by atoms with Gasteiger partial charge in [0.1, 0.15) is 18.0 Å². The number of hydrogen-bond acceptors (Lipinski definition) is 6. The van der Waals surface area contributed by atoms with Gasteiger partial charge in [-0.1, -0.05) is 15.9 Å². The third-order valence-electron chi connectivity index (χ3n) is 2.48. The van der Waals surface area contributed by atoms with Crippen molar-refractivity contribution in [2.45, 2.75) is 26.4 Å². The van der Waals surface area contributed by atoms with Gasteiger partial charge in [0, 0.05) is 8.95 Å². The zero-order valence-corrected chi connectivity index (χ0v) is 17.6. The van der Waals surface area contributed by atoms with Crippen LogP contribution in [0.15, 0.2) is 21.1 Å². The number of rotatable bonds is 5. The van der Waals surface area contributed by atoms with Crippen molar-refractivity contribution >= 4 is 59.7 Å². The Labute approximate surface area is 162 Å². The van der Waals surface area contributed by atoms with Crippen LogP contribution < -0.4 is 5.32 Å². The Kier molecular flexibility index (Phi) is 7.41. The van der Waals surface area contributed by atoms with Gasteiger partial charge in [-0.15, -0.1) is 0 Å². The summed E-state index contributed by atoms with van der Waals surface area (Å²) in [5, 5.41) is 2.45. The van der Waals surface area contributed by atoms with Gasteiger partial charge in [0.05, 0.1) is 11.3 Å². The number of anilines is 1. The lowest BCUT2D eigenvalue weighted by atomic mass is 10.2. The summed E-state index contributed by atoms with van der Waals surface area (Å²) in [4.78, 5) is 24.1. The highest BCUT2D eigenvalue weighted by Gasteiger charge is 2.22. The molecule has 2 N–H and O–H groups in total. The molecular weight excluding hydrogens is 486 g/mol. The molecule has 25 heavy (non-hydrogen) atoms. The fourth-order valence-electron chi connectivity index (χ4n) is 1.58. The monoisotopic (exact) mass is 501 g/mol. The lowest BCUT2D eigenvalue weighted by Gasteiger charge is -2.21. The van der Waals surface area contributed by atoms with Crippen LogP contribution in [0.3, 0.4) is 0 Å². The highest BCUT2D eigenvalue weighted by molar-refractivity contribution is 9.11. The number of halogens is 2. The Balaban J connectivity index is 3.02. The predicted molar refractivity (Wildman–Crippen MR) is 98.4 cm³/mol. The van der Waals surface area contributed by atoms with Gasteiger partial charge in [0.2, 0.25) is 0 Å². The molecule has 0 fully saturated rings. The van der Waals surface area contributed by atoms with Crippen molar-refractivity contribution in [1.29, 1.82) is 0 Å². The third-order valence-corrected chi connectivity index (χ3v) is 4.24. The van der Waals surface area contributed by atoms with Crippen molar-refractivity contribution in [1.82, 2.24) is 0 Å². The number of ether oxygens (including phenoxy) is 2. The lowest BCUT2D eigenvalue weighted by molar-refractivity contribution is 0.0529. The van der Waals surface area contributed by atoms with Crippen LogP contribution in [0.25, 0.3) is 0 Å². The Bertz CT molecular complexity index is 772. The minimum atomic E-state index is -4.25. The molecule has 0 heterocycles. The van der Waals surface area contributed by atoms with Crippen molar-refractivity contribution in [3.63, 3.8) is 0 Å². The first-order chi connectivity index (χ1) is 11.3. The van der Waals surface area contributed by atoms with Gasteiger partial charge < -0.3 is 9.47 Å². The topological polar surface area (TPSA) is 119 Å². The summed E-state index contributed by atoms with van der Waals surface area (Å²) in [7, 11) is -4.25. The molecule has 0 saturated carbocycles. The summed E-state index contributed by atoms with van der Waals surface area (Å²) in [6.07, 6.45) is -0.775. The zero-order valence-electron chi connectivity index (χ0n) is 13.6. The van der Waals surface area contributed by atoms with Crippen LogP contribution in [0.1, 0.15) is 31.1 Å². The fourth-order valence-corrected chi connectivity index (χ4v) is 3.20. The Morgan fingerprint density at radius 3 is 2.36 bits per heavy atom. The van der Waals surface area contributed by atoms with Gasteiger partial charge in [-0.25, -0.2) is 9.59 Å². The maximum atomic E-state index is 12.2. The molecule has 0 saturated heterocycles. The van der Waals surface area contributed by atoms with E-state index in [4.69, 9.17) is 14.0 Å². The maximum Gasteiger partial charge on any atom is 0.412 e. The number of carbonyl (C=O) groups is 2. The maximum absolute atomic E-state index is 12.2. The highest BCUT2D eigenvalue weighted by atomic mass is 79.9. The van der Waals surface area contributed by atoms with E-state index in [1.165, 1.54) is 6.07 Å². The smallest absolute Gasteiger partial charge is 0.412 e. The van der Waals surface area contributed by atoms with Crippen molar-refractivity contribution in [3.8, 4) is 0 Å². The van der Waals surface area contributed by atoms with E-state index in [9.17, 15) is 18.0 Å². The number of carbonyl (C=O) groups excluding carboxylic acids is 2. The summed E-state index contributed by atoms with van der Waals surface area (Å²) in [6.45, 7) is 4.53. The summed E-state index contributed by atoms with van der Waals surface area (Å²) in [5.41, 5.74) is -0.654. The van der Waals surface area contributed by atoms with Crippen LogP contribution >= 0.6 is 31.9 Å². The lowest BCUT2D eigenvalue weighted by Crippen LogP contribution is -2.28. The third kappa shape index (κ3) is 8.17. The standard InChI is InChI=1S/C14H17Br2NO7S/c1-14(2,3)24-13(19)17-11-9(6-8(15)7-10(11)16)12(18)23-4-5-25(20,21)22/h6-7H,4-5H2,1-3H3,(H,17,19)(H,20,21,22). The van der Waals surface area contributed by atoms with Crippen molar-refractivity contribution in [2.24, 2.45) is 0 Å². The van der Waals surface area contributed by atoms with Crippen LogP contribution in [0, 0.1) is 0 Å². The van der Waals surface area contributed by atoms with Gasteiger partial charge in [0.15, 0.2) is 0 Å². The summed E-state index contributed by atoms with van der Waals surface area (Å²) < 4.78 is 40.9. The molecule has 0 spiro atoms. The SMILES string of the molecule is CC(C)(C)OC(=O)Nc1c(Br)cc(Br)cc1C(=O)OCCS(=O)(=O)O. The van der Waals surface area contributed by atoms with E-state index in [0.29, 0.717) is 8.95 Å². The zero-order chi connectivity index (χ0) is 19.4. The number of esters is 1. The predicted octanol–water partition coefficient (Wildman–Crippen LogP) is 3.60. The number of benzene rings is 1. The number of hydrogen-bond donors (Lipinski definition) is 2. The van der Waals surface area contributed by atoms with Crippen molar-refractivity contribution in [3.05, 3.63) is 26.6 Å². The second kappa shape index (κ2) is 8.47. The van der Waals surface area contributed by atoms with Gasteiger partial charge >= 0.3 is 12.1 Å². The van der Waals surface area contributed by atoms with Crippen LogP contribution in [0.5, 0.6) is 0 Å². The largest absolute Gasteiger partial charge is 0.461 e. The molecule has 11 heteroatoms. The molecule has 1 aromatic carbocycles. The van der Waals surface area contributed by atoms with Crippen molar-refractivity contribution < 1.29 is 32.0 Å². The van der Waals surface area contributed by atoms with Gasteiger partial charge in [0.25, 0.3) is 10.1 Å². The van der Waals surface area contributed by atoms with Crippen LogP contribution in [-0.4, -0.2) is 43.0 Å². The van der Waals surface area contributed by atoms with E-state index in [1.807, 2.05) is 0 Å². The second-order valence-corrected chi connectivity index (χ2v) is 9.20. The summed E-state index contributed by atoms with van der Waals surface area (Å²) in [5.74, 6) is -1.61. The first-order valence-electron chi connectivity index (χ1n) is 6.90. The van der Waals surface area contributed by atoms with Crippen LogP contribution in [-0.2, 0) is 19.6 Å². The van der Waals surface area contributed by atoms with Crippen LogP contribution in [0.2, 0.25) is 0 Å². The van der Waals surface area contributed by atoms with Gasteiger partial charge in [-0.2, -0.15) is 8.42 Å². The summed E-state index contributed by atoms with van der Waals surface area (Å²) in [6, 6.07) is 2.99. The molecule has 1 amide bonds. The number of amides is 1. The molecule has 140 valence electrons. The van der Waals surface area contributed by atoms with E-state index in [-0.39, 0.29) is 11.3 Å². The van der Waals surface area contributed by atoms with Crippen molar-refractivity contribution in [2.75, 3.05) is 17.7 Å². The average molecular weight is 503 g/mol. The van der Waals surface area contributed by atoms with E-state index in [1.54, 1.807) is 26.8 Å². The first-order valence-corrected chi connectivity index (χ1v) is 10.1. The van der Waals surface area contributed by atoms with Crippen LogP contribution in [0.4, 0.5) is 10.5 Å². The second-order valence-electron chi connectivity index (χ2n) is 5.86. The average Bonchev–Trinajstić information content (AvgIpc) is 2.37. The molecule has 0 atom stereocenters. The minimum absolute atomic E-state index is 0.0255. The Hall–Kier alpha value is -1.17. The number of nitrogens with one attached hydrogen (secondary N) is 1. The fraction of sp³-hybridized carbons (Fsp3) is 0.429. The molecule has 0 aliphatic carbocycles. The normalized spacial score (nSPS) is 11.8. The molecule has 0 aromatic heterocycles. The molecule has 8 nitrogen and oxygen atoms in total. The molecule has 1 aromatic rings. The molecular formula is C14H17Br2NO7S. The highest BCUT2D eigenvalue weighted by Crippen LogP contribution is 2.31. The summed E-state index contributed by atoms with van der Waals surface area (Å²) >= 11 is 6.44. The quantitative estimate of drug-likeness (QED) is 0.466. The molecule has 0 aliphatic rings. The van der Waals surface area contributed by atoms with Gasteiger partial charge in [-0.05, 0) is 48.8 Å². The molecule has 0 aliphatic heterocycles. The van der Waals surface area contributed by atoms with E-state index in [0.717, 1.165) is 0 Å². The Morgan fingerprint density at radius 2 is 1.84 bits per heavy atom.